The summed E-state index contributed by atoms with van der Waals surface area (Å²) in [6.45, 7) is -0.979. The van der Waals surface area contributed by atoms with Crippen LogP contribution in [0.3, 0.4) is 0 Å². The van der Waals surface area contributed by atoms with Gasteiger partial charge in [-0.15, -0.1) is 0 Å². The minimum atomic E-state index is -3.63. The van der Waals surface area contributed by atoms with Gasteiger partial charge in [-0.1, -0.05) is 56.2 Å². The van der Waals surface area contributed by atoms with Crippen molar-refractivity contribution in [2.24, 2.45) is 5.92 Å². The van der Waals surface area contributed by atoms with E-state index in [0.29, 0.717) is 5.92 Å². The van der Waals surface area contributed by atoms with Crippen LogP contribution >= 0.6 is 0 Å². The zero-order valence-electron chi connectivity index (χ0n) is 20.0. The number of hydrogen-bond acceptors (Lipinski definition) is 2. The van der Waals surface area contributed by atoms with E-state index in [1.54, 1.807) is 18.2 Å². The zero-order chi connectivity index (χ0) is 25.7. The molecule has 0 unspecified atom stereocenters. The Morgan fingerprint density at radius 3 is 2.22 bits per heavy atom. The van der Waals surface area contributed by atoms with Crippen LogP contribution in [0.15, 0.2) is 66.7 Å². The highest BCUT2D eigenvalue weighted by Gasteiger charge is 2.35. The molecule has 0 radical (unpaired) electrons. The second-order valence-corrected chi connectivity index (χ2v) is 9.27. The van der Waals surface area contributed by atoms with Crippen molar-refractivity contribution in [2.75, 3.05) is 0 Å². The summed E-state index contributed by atoms with van der Waals surface area (Å²) in [7, 11) is 0. The van der Waals surface area contributed by atoms with E-state index in [4.69, 9.17) is 4.74 Å². The van der Waals surface area contributed by atoms with Gasteiger partial charge in [0.15, 0.2) is 11.6 Å². The van der Waals surface area contributed by atoms with Crippen molar-refractivity contribution in [3.05, 3.63) is 83.7 Å². The van der Waals surface area contributed by atoms with Crippen molar-refractivity contribution in [3.8, 4) is 22.6 Å². The molecule has 0 bridgehead atoms. The molecule has 192 valence electrons. The highest BCUT2D eigenvalue weighted by molar-refractivity contribution is 5.71. The average molecular weight is 505 g/mol. The van der Waals surface area contributed by atoms with Crippen LogP contribution in [0.1, 0.15) is 62.5 Å². The quantitative estimate of drug-likeness (QED) is 0.270. The van der Waals surface area contributed by atoms with Gasteiger partial charge in [0.05, 0.1) is 5.56 Å². The molecule has 0 aliphatic heterocycles. The molecule has 7 heteroatoms. The van der Waals surface area contributed by atoms with Gasteiger partial charge in [0.1, 0.15) is 5.75 Å². The fraction of sp³-hybridized carbons (Fsp3) is 0.379. The van der Waals surface area contributed by atoms with Crippen LogP contribution in [0.2, 0.25) is 0 Å². The lowest BCUT2D eigenvalue weighted by Crippen LogP contribution is -2.22. The first-order valence-corrected chi connectivity index (χ1v) is 12.3. The lowest BCUT2D eigenvalue weighted by atomic mass is 9.77. The summed E-state index contributed by atoms with van der Waals surface area (Å²) in [6, 6.07) is 15.5. The Labute approximate surface area is 208 Å². The molecule has 0 aromatic heterocycles. The van der Waals surface area contributed by atoms with Crippen molar-refractivity contribution in [2.45, 2.75) is 64.1 Å². The van der Waals surface area contributed by atoms with Crippen molar-refractivity contribution < 1.29 is 31.4 Å². The Bertz CT molecular complexity index is 1140. The number of rotatable bonds is 9. The fourth-order valence-corrected chi connectivity index (χ4v) is 4.99. The number of benzene rings is 3. The van der Waals surface area contributed by atoms with Gasteiger partial charge in [0.2, 0.25) is 0 Å². The summed E-state index contributed by atoms with van der Waals surface area (Å²) < 4.78 is 78.6. The van der Waals surface area contributed by atoms with Crippen molar-refractivity contribution in [1.29, 1.82) is 0 Å². The Kier molecular flexibility index (Phi) is 8.17. The standard InChI is InChI=1S/C29H29F5O2/c1-2-5-19-8-10-20(11-9-19)21-12-15-23(16-13-21)29(33,34)36-26-7-4-3-6-24(26)22-14-17-27(25(30)18-22)35-28(31)32/h3-4,6-7,12-20,28H,2,5,8-11H2,1H3. The Morgan fingerprint density at radius 2 is 1.58 bits per heavy atom. The maximum absolute atomic E-state index is 15.1. The van der Waals surface area contributed by atoms with Gasteiger partial charge in [-0.25, -0.2) is 4.39 Å². The van der Waals surface area contributed by atoms with Crippen molar-refractivity contribution in [3.63, 3.8) is 0 Å². The number of para-hydroxylation sites is 1. The van der Waals surface area contributed by atoms with Crippen LogP contribution < -0.4 is 9.47 Å². The second-order valence-electron chi connectivity index (χ2n) is 9.27. The number of ether oxygens (including phenoxy) is 2. The molecule has 3 aromatic rings. The van der Waals surface area contributed by atoms with Gasteiger partial charge in [-0.05, 0) is 79.0 Å². The van der Waals surface area contributed by atoms with E-state index >= 15 is 8.78 Å². The molecule has 3 aromatic carbocycles. The number of alkyl halides is 4. The van der Waals surface area contributed by atoms with Crippen LogP contribution in [0.5, 0.6) is 11.5 Å². The molecule has 1 aliphatic rings. The van der Waals surface area contributed by atoms with Crippen LogP contribution in [-0.4, -0.2) is 6.61 Å². The highest BCUT2D eigenvalue weighted by Crippen LogP contribution is 2.40. The monoisotopic (exact) mass is 504 g/mol. The molecule has 2 nitrogen and oxygen atoms in total. The predicted molar refractivity (Wildman–Crippen MR) is 129 cm³/mol. The number of halogens is 5. The molecule has 1 aliphatic carbocycles. The molecule has 4 rings (SSSR count). The van der Waals surface area contributed by atoms with Crippen molar-refractivity contribution in [1.82, 2.24) is 0 Å². The average Bonchev–Trinajstić information content (AvgIpc) is 2.86. The zero-order valence-corrected chi connectivity index (χ0v) is 20.0. The molecule has 0 spiro atoms. The van der Waals surface area contributed by atoms with Gasteiger partial charge >= 0.3 is 12.7 Å². The van der Waals surface area contributed by atoms with Crippen LogP contribution in [0.25, 0.3) is 11.1 Å². The van der Waals surface area contributed by atoms with Gasteiger partial charge in [-0.2, -0.15) is 17.6 Å². The summed E-state index contributed by atoms with van der Waals surface area (Å²) >= 11 is 0. The van der Waals surface area contributed by atoms with Crippen LogP contribution in [0, 0.1) is 11.7 Å². The summed E-state index contributed by atoms with van der Waals surface area (Å²) in [6.07, 6.45) is 3.29. The maximum Gasteiger partial charge on any atom is 0.426 e. The van der Waals surface area contributed by atoms with E-state index in [1.807, 2.05) is 0 Å². The van der Waals surface area contributed by atoms with E-state index in [1.165, 1.54) is 62.1 Å². The van der Waals surface area contributed by atoms with Crippen molar-refractivity contribution >= 4 is 0 Å². The van der Waals surface area contributed by atoms with Gasteiger partial charge in [0.25, 0.3) is 0 Å². The summed E-state index contributed by atoms with van der Waals surface area (Å²) in [5.74, 6) is -0.674. The first kappa shape index (κ1) is 26.0. The smallest absolute Gasteiger partial charge is 0.426 e. The molecular formula is C29H29F5O2. The Hall–Kier alpha value is -3.09. The van der Waals surface area contributed by atoms with E-state index in [2.05, 4.69) is 11.7 Å². The van der Waals surface area contributed by atoms with E-state index in [9.17, 15) is 13.2 Å². The number of hydrogen-bond donors (Lipinski definition) is 0. The van der Waals surface area contributed by atoms with Gasteiger partial charge < -0.3 is 9.47 Å². The molecule has 0 heterocycles. The SMILES string of the molecule is CCCC1CCC(c2ccc(C(F)(F)Oc3ccccc3-c3ccc(OC(F)F)c(F)c3)cc2)CC1. The topological polar surface area (TPSA) is 18.5 Å². The molecule has 0 atom stereocenters. The lowest BCUT2D eigenvalue weighted by molar-refractivity contribution is -0.185. The van der Waals surface area contributed by atoms with Crippen LogP contribution in [0.4, 0.5) is 22.0 Å². The molecule has 1 saturated carbocycles. The molecule has 1 fully saturated rings. The van der Waals surface area contributed by atoms with Gasteiger partial charge in [0, 0.05) is 5.56 Å². The third-order valence-corrected chi connectivity index (χ3v) is 6.85. The molecular weight excluding hydrogens is 475 g/mol. The fourth-order valence-electron chi connectivity index (χ4n) is 4.99. The lowest BCUT2D eigenvalue weighted by Gasteiger charge is -2.29. The van der Waals surface area contributed by atoms with E-state index in [0.717, 1.165) is 36.5 Å². The third kappa shape index (κ3) is 6.18. The second kappa shape index (κ2) is 11.3. The molecule has 0 amide bonds. The van der Waals surface area contributed by atoms with E-state index in [-0.39, 0.29) is 22.4 Å². The van der Waals surface area contributed by atoms with Crippen LogP contribution in [-0.2, 0) is 6.11 Å². The first-order valence-electron chi connectivity index (χ1n) is 12.3. The third-order valence-electron chi connectivity index (χ3n) is 6.85. The van der Waals surface area contributed by atoms with E-state index < -0.39 is 24.3 Å². The first-order chi connectivity index (χ1) is 17.3. The summed E-state index contributed by atoms with van der Waals surface area (Å²) in [5.41, 5.74) is 1.16. The summed E-state index contributed by atoms with van der Waals surface area (Å²) in [4.78, 5) is 0. The Balaban J connectivity index is 1.49. The summed E-state index contributed by atoms with van der Waals surface area (Å²) in [5, 5.41) is 0. The molecule has 0 N–H and O–H groups in total. The minimum absolute atomic E-state index is 0.164. The highest BCUT2D eigenvalue weighted by atomic mass is 19.3. The normalized spacial score (nSPS) is 18.3. The molecule has 36 heavy (non-hydrogen) atoms. The minimum Gasteiger partial charge on any atom is -0.432 e. The maximum atomic E-state index is 15.1. The predicted octanol–water partition coefficient (Wildman–Crippen LogP) is 9.30. The molecule has 0 saturated heterocycles. The van der Waals surface area contributed by atoms with Gasteiger partial charge in [-0.3, -0.25) is 0 Å². The largest absolute Gasteiger partial charge is 0.432 e. The Morgan fingerprint density at radius 1 is 0.889 bits per heavy atom.